The molecule has 3 aromatic rings. The van der Waals surface area contributed by atoms with Crippen LogP contribution in [0.25, 0.3) is 17.0 Å². The first-order valence-electron chi connectivity index (χ1n) is 10.2. The summed E-state index contributed by atoms with van der Waals surface area (Å²) in [6.07, 6.45) is 8.52. The van der Waals surface area contributed by atoms with Gasteiger partial charge in [-0.2, -0.15) is 0 Å². The summed E-state index contributed by atoms with van der Waals surface area (Å²) >= 11 is 6.12. The molecule has 4 rings (SSSR count). The van der Waals surface area contributed by atoms with Gasteiger partial charge in [0.15, 0.2) is 0 Å². The van der Waals surface area contributed by atoms with Crippen molar-refractivity contribution in [2.24, 2.45) is 0 Å². The minimum atomic E-state index is -0.0434. The number of hydrogen-bond donors (Lipinski definition) is 2. The van der Waals surface area contributed by atoms with Gasteiger partial charge in [0.1, 0.15) is 0 Å². The van der Waals surface area contributed by atoms with Gasteiger partial charge in [-0.15, -0.1) is 0 Å². The fourth-order valence-electron chi connectivity index (χ4n) is 3.85. The molecule has 4 nitrogen and oxygen atoms in total. The molecule has 0 bridgehead atoms. The molecule has 2 aromatic carbocycles. The highest BCUT2D eigenvalue weighted by Crippen LogP contribution is 2.22. The number of benzene rings is 2. The molecule has 150 valence electrons. The topological polar surface area (TPSA) is 48.1 Å². The largest absolute Gasteiger partial charge is 0.361 e. The third-order valence-corrected chi connectivity index (χ3v) is 5.70. The number of fused-ring (bicyclic) bond motifs is 2. The zero-order valence-corrected chi connectivity index (χ0v) is 17.2. The van der Waals surface area contributed by atoms with E-state index in [-0.39, 0.29) is 5.91 Å². The lowest BCUT2D eigenvalue weighted by Crippen LogP contribution is -2.32. The van der Waals surface area contributed by atoms with Gasteiger partial charge in [0.25, 0.3) is 0 Å². The lowest BCUT2D eigenvalue weighted by Gasteiger charge is -2.28. The number of aromatic nitrogens is 1. The summed E-state index contributed by atoms with van der Waals surface area (Å²) in [4.78, 5) is 17.7. The van der Waals surface area contributed by atoms with Crippen LogP contribution in [0, 0.1) is 0 Å². The number of H-pyrrole nitrogens is 1. The number of aromatic amines is 1. The molecule has 1 aliphatic rings. The second-order valence-electron chi connectivity index (χ2n) is 7.60. The first-order valence-corrected chi connectivity index (χ1v) is 10.6. The maximum atomic E-state index is 12.0. The normalized spacial score (nSPS) is 14.4. The van der Waals surface area contributed by atoms with E-state index in [1.165, 1.54) is 16.5 Å². The molecule has 1 aromatic heterocycles. The number of rotatable bonds is 7. The molecule has 2 N–H and O–H groups in total. The van der Waals surface area contributed by atoms with E-state index >= 15 is 0 Å². The van der Waals surface area contributed by atoms with Crippen molar-refractivity contribution in [3.05, 3.63) is 76.5 Å². The van der Waals surface area contributed by atoms with Crippen molar-refractivity contribution in [1.29, 1.82) is 0 Å². The maximum Gasteiger partial charge on any atom is 0.243 e. The van der Waals surface area contributed by atoms with Crippen LogP contribution in [0.5, 0.6) is 0 Å². The van der Waals surface area contributed by atoms with Gasteiger partial charge in [-0.05, 0) is 78.2 Å². The first-order chi connectivity index (χ1) is 14.2. The van der Waals surface area contributed by atoms with Crippen LogP contribution >= 0.6 is 11.6 Å². The lowest BCUT2D eigenvalue weighted by molar-refractivity contribution is -0.116. The van der Waals surface area contributed by atoms with Crippen LogP contribution in [-0.2, 0) is 17.8 Å². The zero-order chi connectivity index (χ0) is 20.1. The predicted octanol–water partition coefficient (Wildman–Crippen LogP) is 4.79. The molecule has 5 heteroatoms. The number of hydrogen-bond acceptors (Lipinski definition) is 2. The highest BCUT2D eigenvalue weighted by atomic mass is 35.5. The molecule has 0 unspecified atom stereocenters. The van der Waals surface area contributed by atoms with Gasteiger partial charge in [0.2, 0.25) is 5.91 Å². The van der Waals surface area contributed by atoms with E-state index in [0.717, 1.165) is 55.0 Å². The average Bonchev–Trinajstić information content (AvgIpc) is 3.19. The summed E-state index contributed by atoms with van der Waals surface area (Å²) in [6.45, 7) is 3.81. The maximum absolute atomic E-state index is 12.0. The highest BCUT2D eigenvalue weighted by molar-refractivity contribution is 6.30. The number of halogens is 1. The van der Waals surface area contributed by atoms with E-state index in [9.17, 15) is 4.79 Å². The SMILES string of the molecule is O=C(/C=C/c1ccc2cc[nH]c2c1)NCCCCN1CCc2ccc(Cl)cc2C1. The van der Waals surface area contributed by atoms with Crippen LogP contribution in [0.1, 0.15) is 29.5 Å². The molecule has 0 fully saturated rings. The van der Waals surface area contributed by atoms with Crippen LogP contribution in [-0.4, -0.2) is 35.4 Å². The number of unbranched alkanes of at least 4 members (excludes halogenated alkanes) is 1. The summed E-state index contributed by atoms with van der Waals surface area (Å²) in [7, 11) is 0. The smallest absolute Gasteiger partial charge is 0.243 e. The van der Waals surface area contributed by atoms with Gasteiger partial charge in [-0.3, -0.25) is 9.69 Å². The summed E-state index contributed by atoms with van der Waals surface area (Å²) in [5.41, 5.74) is 4.86. The van der Waals surface area contributed by atoms with Gasteiger partial charge >= 0.3 is 0 Å². The van der Waals surface area contributed by atoms with Crippen molar-refractivity contribution in [3.63, 3.8) is 0 Å². The molecule has 0 spiro atoms. The fraction of sp³-hybridized carbons (Fsp3) is 0.292. The second kappa shape index (κ2) is 9.29. The van der Waals surface area contributed by atoms with E-state index in [4.69, 9.17) is 11.6 Å². The van der Waals surface area contributed by atoms with Crippen LogP contribution < -0.4 is 5.32 Å². The van der Waals surface area contributed by atoms with E-state index in [1.54, 1.807) is 6.08 Å². The van der Waals surface area contributed by atoms with Gasteiger partial charge in [-0.25, -0.2) is 0 Å². The quantitative estimate of drug-likeness (QED) is 0.437. The van der Waals surface area contributed by atoms with Crippen molar-refractivity contribution in [2.75, 3.05) is 19.6 Å². The van der Waals surface area contributed by atoms with E-state index in [2.05, 4.69) is 33.4 Å². The summed E-state index contributed by atoms with van der Waals surface area (Å²) < 4.78 is 0. The van der Waals surface area contributed by atoms with E-state index in [1.807, 2.05) is 36.5 Å². The van der Waals surface area contributed by atoms with Gasteiger partial charge in [0.05, 0.1) is 0 Å². The zero-order valence-electron chi connectivity index (χ0n) is 16.5. The summed E-state index contributed by atoms with van der Waals surface area (Å²) in [5.74, 6) is -0.0434. The predicted molar refractivity (Wildman–Crippen MR) is 120 cm³/mol. The molecule has 0 atom stereocenters. The van der Waals surface area contributed by atoms with Gasteiger partial charge in [0, 0.05) is 42.4 Å². The molecule has 1 aliphatic heterocycles. The third kappa shape index (κ3) is 5.28. The molecule has 0 aliphatic carbocycles. The number of nitrogens with zero attached hydrogens (tertiary/aromatic N) is 1. The molecule has 1 amide bonds. The number of nitrogens with one attached hydrogen (secondary N) is 2. The standard InChI is InChI=1S/C24H26ClN3O/c25-22-7-6-19-10-14-28(17-21(19)16-22)13-2-1-11-27-24(29)8-4-18-3-5-20-9-12-26-23(20)15-18/h3-9,12,15-16,26H,1-2,10-11,13-14,17H2,(H,27,29)/b8-4+. The monoisotopic (exact) mass is 407 g/mol. The Morgan fingerprint density at radius 3 is 3.00 bits per heavy atom. The molecule has 29 heavy (non-hydrogen) atoms. The number of carbonyl (C=O) groups excluding carboxylic acids is 1. The van der Waals surface area contributed by atoms with Gasteiger partial charge < -0.3 is 10.3 Å². The van der Waals surface area contributed by atoms with Gasteiger partial charge in [-0.1, -0.05) is 29.8 Å². The first kappa shape index (κ1) is 19.7. The summed E-state index contributed by atoms with van der Waals surface area (Å²) in [6, 6.07) is 14.4. The Balaban J connectivity index is 1.15. The number of carbonyl (C=O) groups is 1. The average molecular weight is 408 g/mol. The van der Waals surface area contributed by atoms with E-state index < -0.39 is 0 Å². The van der Waals surface area contributed by atoms with Crippen molar-refractivity contribution in [2.45, 2.75) is 25.8 Å². The van der Waals surface area contributed by atoms with Crippen molar-refractivity contribution in [3.8, 4) is 0 Å². The van der Waals surface area contributed by atoms with Crippen LogP contribution in [0.3, 0.4) is 0 Å². The van der Waals surface area contributed by atoms with Crippen molar-refractivity contribution in [1.82, 2.24) is 15.2 Å². The molecular weight excluding hydrogens is 382 g/mol. The Labute approximate surface area is 176 Å². The minimum absolute atomic E-state index is 0.0434. The Hall–Kier alpha value is -2.56. The molecule has 0 saturated carbocycles. The van der Waals surface area contributed by atoms with Crippen LogP contribution in [0.4, 0.5) is 0 Å². The Bertz CT molecular complexity index is 1020. The molecule has 2 heterocycles. The van der Waals surface area contributed by atoms with Crippen molar-refractivity contribution < 1.29 is 4.79 Å². The Morgan fingerprint density at radius 1 is 1.14 bits per heavy atom. The minimum Gasteiger partial charge on any atom is -0.361 e. The van der Waals surface area contributed by atoms with Crippen LogP contribution in [0.15, 0.2) is 54.7 Å². The second-order valence-corrected chi connectivity index (χ2v) is 8.03. The molecule has 0 radical (unpaired) electrons. The van der Waals surface area contributed by atoms with Crippen molar-refractivity contribution >= 4 is 34.5 Å². The third-order valence-electron chi connectivity index (χ3n) is 5.47. The molecular formula is C24H26ClN3O. The highest BCUT2D eigenvalue weighted by Gasteiger charge is 2.15. The molecule has 0 saturated heterocycles. The van der Waals surface area contributed by atoms with Crippen LogP contribution in [0.2, 0.25) is 5.02 Å². The Morgan fingerprint density at radius 2 is 2.07 bits per heavy atom. The van der Waals surface area contributed by atoms with E-state index in [0.29, 0.717) is 6.54 Å². The summed E-state index contributed by atoms with van der Waals surface area (Å²) in [5, 5.41) is 4.96. The Kier molecular flexibility index (Phi) is 6.33. The fourth-order valence-corrected chi connectivity index (χ4v) is 4.04. The number of amides is 1. The lowest BCUT2D eigenvalue weighted by atomic mass is 10.00.